The fourth-order valence-corrected chi connectivity index (χ4v) is 7.82. The van der Waals surface area contributed by atoms with Crippen molar-refractivity contribution in [2.75, 3.05) is 13.2 Å². The number of esters is 3. The van der Waals surface area contributed by atoms with E-state index in [-0.39, 0.29) is 31.1 Å². The first-order valence-electron chi connectivity index (χ1n) is 28.6. The van der Waals surface area contributed by atoms with E-state index >= 15 is 0 Å². The van der Waals surface area contributed by atoms with Crippen LogP contribution in [0.4, 0.5) is 0 Å². The molecule has 0 aliphatic heterocycles. The van der Waals surface area contributed by atoms with E-state index in [4.69, 9.17) is 14.2 Å². The van der Waals surface area contributed by atoms with Crippen LogP contribution in [0.5, 0.6) is 0 Å². The third kappa shape index (κ3) is 53.5. The van der Waals surface area contributed by atoms with Crippen LogP contribution < -0.4 is 0 Å². The van der Waals surface area contributed by atoms with E-state index in [1.54, 1.807) is 0 Å². The predicted molar refractivity (Wildman–Crippen MR) is 293 cm³/mol. The van der Waals surface area contributed by atoms with Crippen molar-refractivity contribution in [2.24, 2.45) is 0 Å². The molecule has 0 spiro atoms. The third-order valence-corrected chi connectivity index (χ3v) is 12.1. The summed E-state index contributed by atoms with van der Waals surface area (Å²) in [7, 11) is 0. The Morgan fingerprint density at radius 2 is 0.603 bits per heavy atom. The molecule has 0 saturated carbocycles. The van der Waals surface area contributed by atoms with Crippen LogP contribution in [0.2, 0.25) is 0 Å². The quantitative estimate of drug-likeness (QED) is 0.0262. The largest absolute Gasteiger partial charge is 0.462 e. The number of carbonyl (C=O) groups excluding carboxylic acids is 3. The number of carbonyl (C=O) groups is 3. The van der Waals surface area contributed by atoms with Gasteiger partial charge in [0.25, 0.3) is 0 Å². The lowest BCUT2D eigenvalue weighted by molar-refractivity contribution is -0.167. The van der Waals surface area contributed by atoms with Crippen LogP contribution in [-0.2, 0) is 28.6 Å². The van der Waals surface area contributed by atoms with Crippen molar-refractivity contribution in [1.29, 1.82) is 0 Å². The summed E-state index contributed by atoms with van der Waals surface area (Å²) in [6.07, 6.45) is 73.1. The van der Waals surface area contributed by atoms with Crippen LogP contribution in [0.3, 0.4) is 0 Å². The normalized spacial score (nSPS) is 12.7. The second kappa shape index (κ2) is 56.2. The molecule has 1 atom stereocenters. The van der Waals surface area contributed by atoms with Crippen LogP contribution in [0.25, 0.3) is 0 Å². The number of hydrogen-bond donors (Lipinski definition) is 0. The Kier molecular flexibility index (Phi) is 53.4. The minimum atomic E-state index is -0.795. The Bertz CT molecular complexity index is 1320. The minimum Gasteiger partial charge on any atom is -0.462 e. The Labute approximate surface area is 420 Å². The Morgan fingerprint density at radius 3 is 0.985 bits per heavy atom. The van der Waals surface area contributed by atoms with E-state index in [1.807, 2.05) is 0 Å². The van der Waals surface area contributed by atoms with E-state index in [0.717, 1.165) is 116 Å². The molecule has 0 rings (SSSR count). The van der Waals surface area contributed by atoms with Crippen LogP contribution >= 0.6 is 0 Å². The highest BCUT2D eigenvalue weighted by Crippen LogP contribution is 2.15. The molecule has 0 radical (unpaired) electrons. The van der Waals surface area contributed by atoms with E-state index < -0.39 is 6.10 Å². The van der Waals surface area contributed by atoms with Gasteiger partial charge in [0.05, 0.1) is 0 Å². The Hall–Kier alpha value is -3.41. The van der Waals surface area contributed by atoms with E-state index in [9.17, 15) is 14.4 Å². The lowest BCUT2D eigenvalue weighted by atomic mass is 10.0. The summed E-state index contributed by atoms with van der Waals surface area (Å²) >= 11 is 0. The molecule has 0 aromatic heterocycles. The first-order valence-corrected chi connectivity index (χ1v) is 28.6. The lowest BCUT2D eigenvalue weighted by Gasteiger charge is -2.18. The molecule has 1 unspecified atom stereocenters. The van der Waals surface area contributed by atoms with Gasteiger partial charge < -0.3 is 14.2 Å². The average molecular weight is 948 g/mol. The molecule has 0 aromatic carbocycles. The van der Waals surface area contributed by atoms with Gasteiger partial charge in [0.15, 0.2) is 6.10 Å². The van der Waals surface area contributed by atoms with E-state index in [2.05, 4.69) is 106 Å². The van der Waals surface area contributed by atoms with Crippen LogP contribution in [0.1, 0.15) is 271 Å². The molecule has 0 bridgehead atoms. The number of unbranched alkanes of at least 4 members (excludes halogenated alkanes) is 26. The molecular weight excluding hydrogens is 841 g/mol. The molecule has 0 aromatic rings. The molecule has 0 fully saturated rings. The standard InChI is InChI=1S/C62H106O6/c1-4-7-10-13-16-19-22-24-25-26-27-28-29-30-31-32-33-34-35-36-37-39-40-43-46-49-52-55-61(64)67-58-59(57-66-60(63)54-51-48-45-42-21-18-15-12-9-6-3)68-62(65)56-53-50-47-44-41-38-23-20-17-14-11-8-5-2/h8,11-12,15,17,20,22,24,26-27,29-30,38,41,59H,4-7,9-10,13-14,16,18-19,21,23,25,28,31-37,39-40,42-58H2,1-3H3/b11-8-,15-12-,20-17-,24-22-,27-26-,30-29-,41-38-. The summed E-state index contributed by atoms with van der Waals surface area (Å²) in [4.78, 5) is 38.0. The van der Waals surface area contributed by atoms with Gasteiger partial charge in [0.1, 0.15) is 13.2 Å². The summed E-state index contributed by atoms with van der Waals surface area (Å²) in [5.41, 5.74) is 0. The van der Waals surface area contributed by atoms with Gasteiger partial charge in [-0.1, -0.05) is 228 Å². The average Bonchev–Trinajstić information content (AvgIpc) is 3.34. The summed E-state index contributed by atoms with van der Waals surface area (Å²) in [6, 6.07) is 0. The van der Waals surface area contributed by atoms with E-state index in [0.29, 0.717) is 19.3 Å². The van der Waals surface area contributed by atoms with Crippen molar-refractivity contribution >= 4 is 17.9 Å². The van der Waals surface area contributed by atoms with Gasteiger partial charge >= 0.3 is 17.9 Å². The van der Waals surface area contributed by atoms with Crippen molar-refractivity contribution in [2.45, 2.75) is 277 Å². The maximum atomic E-state index is 12.8. The van der Waals surface area contributed by atoms with Gasteiger partial charge in [0.2, 0.25) is 0 Å². The Morgan fingerprint density at radius 1 is 0.309 bits per heavy atom. The van der Waals surface area contributed by atoms with Gasteiger partial charge in [-0.05, 0) is 109 Å². The zero-order chi connectivity index (χ0) is 49.3. The van der Waals surface area contributed by atoms with Crippen molar-refractivity contribution in [3.8, 4) is 0 Å². The first-order chi connectivity index (χ1) is 33.5. The van der Waals surface area contributed by atoms with E-state index in [1.165, 1.54) is 116 Å². The second-order valence-corrected chi connectivity index (χ2v) is 18.8. The van der Waals surface area contributed by atoms with Crippen molar-refractivity contribution in [1.82, 2.24) is 0 Å². The maximum absolute atomic E-state index is 12.8. The first kappa shape index (κ1) is 64.6. The molecule has 0 aliphatic carbocycles. The molecule has 0 heterocycles. The van der Waals surface area contributed by atoms with Crippen LogP contribution in [-0.4, -0.2) is 37.2 Å². The Balaban J connectivity index is 4.21. The highest BCUT2D eigenvalue weighted by molar-refractivity contribution is 5.71. The molecular formula is C62H106O6. The van der Waals surface area contributed by atoms with Crippen molar-refractivity contribution < 1.29 is 28.6 Å². The maximum Gasteiger partial charge on any atom is 0.306 e. The molecule has 0 amide bonds. The molecule has 68 heavy (non-hydrogen) atoms. The number of ether oxygens (including phenoxy) is 3. The highest BCUT2D eigenvalue weighted by atomic mass is 16.6. The topological polar surface area (TPSA) is 78.9 Å². The second-order valence-electron chi connectivity index (χ2n) is 18.8. The molecule has 6 heteroatoms. The highest BCUT2D eigenvalue weighted by Gasteiger charge is 2.19. The summed E-state index contributed by atoms with van der Waals surface area (Å²) in [5, 5.41) is 0. The zero-order valence-corrected chi connectivity index (χ0v) is 44.6. The van der Waals surface area contributed by atoms with Gasteiger partial charge in [-0.2, -0.15) is 0 Å². The van der Waals surface area contributed by atoms with Crippen molar-refractivity contribution in [3.63, 3.8) is 0 Å². The summed E-state index contributed by atoms with van der Waals surface area (Å²) in [5.74, 6) is -0.933. The minimum absolute atomic E-state index is 0.0919. The molecule has 6 nitrogen and oxygen atoms in total. The predicted octanol–water partition coefficient (Wildman–Crippen LogP) is 19.2. The molecule has 390 valence electrons. The summed E-state index contributed by atoms with van der Waals surface area (Å²) < 4.78 is 16.8. The van der Waals surface area contributed by atoms with Gasteiger partial charge in [-0.25, -0.2) is 0 Å². The third-order valence-electron chi connectivity index (χ3n) is 12.1. The number of hydrogen-bond acceptors (Lipinski definition) is 6. The fraction of sp³-hybridized carbons (Fsp3) is 0.726. The summed E-state index contributed by atoms with van der Waals surface area (Å²) in [6.45, 7) is 6.42. The number of rotatable bonds is 51. The SMILES string of the molecule is CC/C=C\C/C=C\C/C=C\CCCCCC(=O)OC(COC(=O)CCCCCCC/C=C\CCC)COC(=O)CCCCCCCCCCCCCC/C=C\C/C=C\C/C=C\CCCCCCC. The lowest BCUT2D eigenvalue weighted by Crippen LogP contribution is -2.30. The molecule has 0 N–H and O–H groups in total. The smallest absolute Gasteiger partial charge is 0.306 e. The fourth-order valence-electron chi connectivity index (χ4n) is 7.82. The molecule has 0 aliphatic rings. The van der Waals surface area contributed by atoms with Gasteiger partial charge in [0, 0.05) is 19.3 Å². The van der Waals surface area contributed by atoms with Gasteiger partial charge in [-0.15, -0.1) is 0 Å². The van der Waals surface area contributed by atoms with Crippen LogP contribution in [0, 0.1) is 0 Å². The molecule has 0 saturated heterocycles. The van der Waals surface area contributed by atoms with Crippen LogP contribution in [0.15, 0.2) is 85.1 Å². The van der Waals surface area contributed by atoms with Crippen molar-refractivity contribution in [3.05, 3.63) is 85.1 Å². The zero-order valence-electron chi connectivity index (χ0n) is 44.6. The number of allylic oxidation sites excluding steroid dienone is 14. The van der Waals surface area contributed by atoms with Gasteiger partial charge in [-0.3, -0.25) is 14.4 Å². The monoisotopic (exact) mass is 947 g/mol.